The summed E-state index contributed by atoms with van der Waals surface area (Å²) in [6.45, 7) is 2.45. The van der Waals surface area contributed by atoms with Gasteiger partial charge in [-0.3, -0.25) is 4.79 Å². The van der Waals surface area contributed by atoms with Crippen molar-refractivity contribution in [3.63, 3.8) is 0 Å². The molecule has 2 aromatic heterocycles. The fraction of sp³-hybridized carbons (Fsp3) is 0.250. The van der Waals surface area contributed by atoms with Crippen LogP contribution in [0.4, 0.5) is 0 Å². The smallest absolute Gasteiger partial charge is 0.272 e. The van der Waals surface area contributed by atoms with Crippen LogP contribution in [0.25, 0.3) is 0 Å². The number of hydrogen-bond acceptors (Lipinski definition) is 4. The van der Waals surface area contributed by atoms with Crippen molar-refractivity contribution >= 4 is 33.2 Å². The van der Waals surface area contributed by atoms with Crippen LogP contribution in [0.5, 0.6) is 0 Å². The molecule has 0 radical (unpaired) electrons. The van der Waals surface area contributed by atoms with Crippen molar-refractivity contribution in [1.82, 2.24) is 14.9 Å². The Morgan fingerprint density at radius 2 is 2.22 bits per heavy atom. The maximum atomic E-state index is 12.1. The minimum atomic E-state index is -0.109. The van der Waals surface area contributed by atoms with Crippen LogP contribution in [0.15, 0.2) is 28.2 Å². The molecule has 0 bridgehead atoms. The van der Waals surface area contributed by atoms with Crippen molar-refractivity contribution in [1.29, 1.82) is 0 Å². The van der Waals surface area contributed by atoms with Crippen LogP contribution in [0.3, 0.4) is 0 Å². The van der Waals surface area contributed by atoms with Crippen LogP contribution in [-0.4, -0.2) is 27.8 Å². The Kier molecular flexibility index (Phi) is 4.08. The Bertz CT molecular complexity index is 570. The van der Waals surface area contributed by atoms with Gasteiger partial charge >= 0.3 is 0 Å². The molecular formula is C12H12BrN3OS. The van der Waals surface area contributed by atoms with Gasteiger partial charge in [-0.2, -0.15) is 0 Å². The van der Waals surface area contributed by atoms with Gasteiger partial charge in [-0.15, -0.1) is 11.3 Å². The van der Waals surface area contributed by atoms with Crippen LogP contribution >= 0.6 is 27.3 Å². The number of carbonyl (C=O) groups excluding carboxylic acids is 1. The van der Waals surface area contributed by atoms with Gasteiger partial charge in [0.15, 0.2) is 0 Å². The summed E-state index contributed by atoms with van der Waals surface area (Å²) in [6.07, 6.45) is 0. The molecule has 0 saturated heterocycles. The minimum Gasteiger partial charge on any atom is -0.334 e. The quantitative estimate of drug-likeness (QED) is 0.815. The zero-order chi connectivity index (χ0) is 13.1. The van der Waals surface area contributed by atoms with Crippen LogP contribution < -0.4 is 0 Å². The highest BCUT2D eigenvalue weighted by Crippen LogP contribution is 2.12. The van der Waals surface area contributed by atoms with Gasteiger partial charge in [0.1, 0.15) is 10.3 Å². The number of nitrogens with zero attached hydrogens (tertiary/aromatic N) is 3. The molecule has 0 fully saturated rings. The number of aromatic nitrogens is 2. The summed E-state index contributed by atoms with van der Waals surface area (Å²) in [5, 5.41) is 2.97. The van der Waals surface area contributed by atoms with Gasteiger partial charge < -0.3 is 4.90 Å². The van der Waals surface area contributed by atoms with Crippen molar-refractivity contribution in [2.24, 2.45) is 0 Å². The van der Waals surface area contributed by atoms with Gasteiger partial charge in [-0.25, -0.2) is 9.97 Å². The SMILES string of the molecule is Cc1nc(CN(C)C(=O)c2cccc(Br)n2)cs1. The van der Waals surface area contributed by atoms with Crippen molar-refractivity contribution in [2.75, 3.05) is 7.05 Å². The Labute approximate surface area is 118 Å². The fourth-order valence-electron chi connectivity index (χ4n) is 1.52. The number of halogens is 1. The van der Waals surface area contributed by atoms with Gasteiger partial charge in [-0.1, -0.05) is 6.07 Å². The molecule has 0 aliphatic rings. The molecule has 6 heteroatoms. The second-order valence-corrected chi connectivity index (χ2v) is 5.74. The molecule has 94 valence electrons. The molecule has 18 heavy (non-hydrogen) atoms. The Hall–Kier alpha value is -1.27. The Morgan fingerprint density at radius 1 is 1.44 bits per heavy atom. The predicted octanol–water partition coefficient (Wildman–Crippen LogP) is 2.88. The molecule has 0 N–H and O–H groups in total. The normalized spacial score (nSPS) is 10.4. The first-order chi connectivity index (χ1) is 8.56. The van der Waals surface area contributed by atoms with Crippen LogP contribution in [0.2, 0.25) is 0 Å². The first kappa shape index (κ1) is 13.2. The number of thiazole rings is 1. The first-order valence-corrected chi connectivity index (χ1v) is 7.02. The fourth-order valence-corrected chi connectivity index (χ4v) is 2.47. The van der Waals surface area contributed by atoms with Gasteiger partial charge in [0.2, 0.25) is 0 Å². The third-order valence-electron chi connectivity index (χ3n) is 2.35. The summed E-state index contributed by atoms with van der Waals surface area (Å²) in [5.74, 6) is -0.109. The molecule has 2 rings (SSSR count). The molecular weight excluding hydrogens is 314 g/mol. The molecule has 0 aliphatic heterocycles. The van der Waals surface area contributed by atoms with E-state index in [-0.39, 0.29) is 5.91 Å². The second-order valence-electron chi connectivity index (χ2n) is 3.86. The zero-order valence-electron chi connectivity index (χ0n) is 10.1. The standard InChI is InChI=1S/C12H12BrN3OS/c1-8-14-9(7-18-8)6-16(2)12(17)10-4-3-5-11(13)15-10/h3-5,7H,6H2,1-2H3. The third kappa shape index (κ3) is 3.14. The lowest BCUT2D eigenvalue weighted by molar-refractivity contribution is 0.0777. The van der Waals surface area contributed by atoms with E-state index in [1.54, 1.807) is 41.5 Å². The number of rotatable bonds is 3. The van der Waals surface area contributed by atoms with E-state index < -0.39 is 0 Å². The first-order valence-electron chi connectivity index (χ1n) is 5.35. The molecule has 0 spiro atoms. The van der Waals surface area contributed by atoms with E-state index in [9.17, 15) is 4.79 Å². The van der Waals surface area contributed by atoms with Gasteiger partial charge in [0, 0.05) is 12.4 Å². The monoisotopic (exact) mass is 325 g/mol. The highest BCUT2D eigenvalue weighted by atomic mass is 79.9. The van der Waals surface area contributed by atoms with Gasteiger partial charge in [0.05, 0.1) is 17.2 Å². The Morgan fingerprint density at radius 3 is 2.83 bits per heavy atom. The summed E-state index contributed by atoms with van der Waals surface area (Å²) in [4.78, 5) is 22.2. The van der Waals surface area contributed by atoms with Gasteiger partial charge in [-0.05, 0) is 35.0 Å². The van der Waals surface area contributed by atoms with Crippen molar-refractivity contribution < 1.29 is 4.79 Å². The van der Waals surface area contributed by atoms with Crippen LogP contribution in [0.1, 0.15) is 21.2 Å². The zero-order valence-corrected chi connectivity index (χ0v) is 12.5. The molecule has 1 amide bonds. The number of pyridine rings is 1. The van der Waals surface area contributed by atoms with E-state index in [0.29, 0.717) is 16.8 Å². The lowest BCUT2D eigenvalue weighted by atomic mass is 10.3. The lowest BCUT2D eigenvalue weighted by Crippen LogP contribution is -2.27. The van der Waals surface area contributed by atoms with Crippen molar-refractivity contribution in [2.45, 2.75) is 13.5 Å². The van der Waals surface area contributed by atoms with E-state index in [2.05, 4.69) is 25.9 Å². The Balaban J connectivity index is 2.09. The predicted molar refractivity (Wildman–Crippen MR) is 74.6 cm³/mol. The van der Waals surface area contributed by atoms with Crippen LogP contribution in [0, 0.1) is 6.92 Å². The summed E-state index contributed by atoms with van der Waals surface area (Å²) in [5.41, 5.74) is 1.34. The summed E-state index contributed by atoms with van der Waals surface area (Å²) < 4.78 is 0.659. The second kappa shape index (κ2) is 5.58. The van der Waals surface area contributed by atoms with Gasteiger partial charge in [0.25, 0.3) is 5.91 Å². The molecule has 0 saturated carbocycles. The average molecular weight is 326 g/mol. The average Bonchev–Trinajstić information content (AvgIpc) is 2.73. The van der Waals surface area contributed by atoms with E-state index >= 15 is 0 Å². The van der Waals surface area contributed by atoms with E-state index in [1.807, 2.05) is 12.3 Å². The molecule has 0 aromatic carbocycles. The highest BCUT2D eigenvalue weighted by Gasteiger charge is 2.14. The molecule has 2 heterocycles. The maximum absolute atomic E-state index is 12.1. The number of carbonyl (C=O) groups is 1. The summed E-state index contributed by atoms with van der Waals surface area (Å²) >= 11 is 4.84. The van der Waals surface area contributed by atoms with E-state index in [0.717, 1.165) is 10.7 Å². The largest absolute Gasteiger partial charge is 0.334 e. The summed E-state index contributed by atoms with van der Waals surface area (Å²) in [6, 6.07) is 5.29. The molecule has 2 aromatic rings. The third-order valence-corrected chi connectivity index (χ3v) is 3.61. The summed E-state index contributed by atoms with van der Waals surface area (Å²) in [7, 11) is 1.75. The number of aryl methyl sites for hydroxylation is 1. The van der Waals surface area contributed by atoms with Crippen molar-refractivity contribution in [3.05, 3.63) is 44.6 Å². The highest BCUT2D eigenvalue weighted by molar-refractivity contribution is 9.10. The number of amides is 1. The van der Waals surface area contributed by atoms with E-state index in [1.165, 1.54) is 0 Å². The topological polar surface area (TPSA) is 46.1 Å². The molecule has 0 aliphatic carbocycles. The minimum absolute atomic E-state index is 0.109. The lowest BCUT2D eigenvalue weighted by Gasteiger charge is -2.15. The van der Waals surface area contributed by atoms with E-state index in [4.69, 9.17) is 0 Å². The molecule has 0 unspecified atom stereocenters. The molecule has 0 atom stereocenters. The molecule has 4 nitrogen and oxygen atoms in total. The number of hydrogen-bond donors (Lipinski definition) is 0. The maximum Gasteiger partial charge on any atom is 0.272 e. The van der Waals surface area contributed by atoms with Crippen LogP contribution in [-0.2, 0) is 6.54 Å². The van der Waals surface area contributed by atoms with Crippen molar-refractivity contribution in [3.8, 4) is 0 Å².